The van der Waals surface area contributed by atoms with Crippen molar-refractivity contribution in [1.82, 2.24) is 9.55 Å². The van der Waals surface area contributed by atoms with E-state index < -0.39 is 0 Å². The minimum atomic E-state index is 0.553. The fourth-order valence-electron chi connectivity index (χ4n) is 1.17. The molecule has 1 aromatic heterocycles. The van der Waals surface area contributed by atoms with Crippen LogP contribution >= 0.6 is 0 Å². The van der Waals surface area contributed by atoms with Crippen molar-refractivity contribution in [3.8, 4) is 0 Å². The van der Waals surface area contributed by atoms with Gasteiger partial charge >= 0.3 is 0 Å². The molecule has 0 amide bonds. The molecule has 1 aliphatic rings. The van der Waals surface area contributed by atoms with Crippen molar-refractivity contribution in [3.63, 3.8) is 0 Å². The van der Waals surface area contributed by atoms with Gasteiger partial charge in [-0.05, 0) is 18.8 Å². The zero-order valence-electron chi connectivity index (χ0n) is 6.23. The zero-order chi connectivity index (χ0) is 7.68. The molecule has 0 bridgehead atoms. The fraction of sp³-hybridized carbons (Fsp3) is 0.500. The van der Waals surface area contributed by atoms with Crippen molar-refractivity contribution in [2.75, 3.05) is 0 Å². The molecule has 0 aromatic carbocycles. The topological polar surface area (TPSA) is 34.9 Å². The summed E-state index contributed by atoms with van der Waals surface area (Å²) in [7, 11) is 0. The van der Waals surface area contributed by atoms with Gasteiger partial charge in [0.15, 0.2) is 12.1 Å². The third-order valence-corrected chi connectivity index (χ3v) is 2.00. The largest absolute Gasteiger partial charge is 0.328 e. The van der Waals surface area contributed by atoms with E-state index in [1.54, 1.807) is 6.20 Å². The van der Waals surface area contributed by atoms with E-state index in [0.717, 1.165) is 18.7 Å². The average Bonchev–Trinajstić information content (AvgIpc) is 2.68. The minimum absolute atomic E-state index is 0.553. The number of imidazole rings is 1. The third-order valence-electron chi connectivity index (χ3n) is 2.00. The van der Waals surface area contributed by atoms with Crippen molar-refractivity contribution in [2.45, 2.75) is 19.4 Å². The molecule has 3 nitrogen and oxygen atoms in total. The first kappa shape index (κ1) is 6.58. The molecule has 2 rings (SSSR count). The molecule has 1 saturated carbocycles. The van der Waals surface area contributed by atoms with E-state index in [1.165, 1.54) is 12.8 Å². The Kier molecular flexibility index (Phi) is 1.49. The van der Waals surface area contributed by atoms with Crippen molar-refractivity contribution in [3.05, 3.63) is 18.2 Å². The van der Waals surface area contributed by atoms with Crippen molar-refractivity contribution in [1.29, 1.82) is 0 Å². The molecule has 0 unspecified atom stereocenters. The van der Waals surface area contributed by atoms with Gasteiger partial charge in [0.25, 0.3) is 0 Å². The van der Waals surface area contributed by atoms with Gasteiger partial charge in [-0.3, -0.25) is 4.79 Å². The summed E-state index contributed by atoms with van der Waals surface area (Å²) < 4.78 is 1.92. The number of hydrogen-bond acceptors (Lipinski definition) is 2. The van der Waals surface area contributed by atoms with E-state index in [-0.39, 0.29) is 0 Å². The van der Waals surface area contributed by atoms with E-state index >= 15 is 0 Å². The predicted molar refractivity (Wildman–Crippen MR) is 40.3 cm³/mol. The number of carbonyl (C=O) groups excluding carboxylic acids is 1. The molecule has 1 aromatic rings. The highest BCUT2D eigenvalue weighted by molar-refractivity contribution is 5.69. The van der Waals surface area contributed by atoms with Gasteiger partial charge in [-0.2, -0.15) is 0 Å². The molecule has 3 heteroatoms. The van der Waals surface area contributed by atoms with Gasteiger partial charge in [0.2, 0.25) is 0 Å². The molecular formula is C8H10N2O. The first-order chi connectivity index (χ1) is 5.40. The number of carbonyl (C=O) groups is 1. The van der Waals surface area contributed by atoms with Crippen LogP contribution in [0.4, 0.5) is 0 Å². The molecule has 0 atom stereocenters. The van der Waals surface area contributed by atoms with Crippen LogP contribution in [0.5, 0.6) is 0 Å². The van der Waals surface area contributed by atoms with Gasteiger partial charge in [-0.1, -0.05) is 0 Å². The molecule has 11 heavy (non-hydrogen) atoms. The first-order valence-corrected chi connectivity index (χ1v) is 3.86. The predicted octanol–water partition coefficient (Wildman–Crippen LogP) is 1.11. The van der Waals surface area contributed by atoms with Crippen LogP contribution in [0.25, 0.3) is 0 Å². The fourth-order valence-corrected chi connectivity index (χ4v) is 1.17. The second kappa shape index (κ2) is 2.49. The summed E-state index contributed by atoms with van der Waals surface area (Å²) in [6.07, 6.45) is 6.95. The normalized spacial score (nSPS) is 16.7. The highest BCUT2D eigenvalue weighted by atomic mass is 16.1. The van der Waals surface area contributed by atoms with E-state index in [4.69, 9.17) is 0 Å². The molecule has 58 valence electrons. The van der Waals surface area contributed by atoms with E-state index in [1.807, 2.05) is 10.8 Å². The summed E-state index contributed by atoms with van der Waals surface area (Å²) in [6.45, 7) is 0.966. The Morgan fingerprint density at radius 1 is 1.73 bits per heavy atom. The lowest BCUT2D eigenvalue weighted by Crippen LogP contribution is -2.02. The maximum Gasteiger partial charge on any atom is 0.185 e. The third kappa shape index (κ3) is 1.31. The highest BCUT2D eigenvalue weighted by Crippen LogP contribution is 2.30. The van der Waals surface area contributed by atoms with Gasteiger partial charge in [0, 0.05) is 18.9 Å². The van der Waals surface area contributed by atoms with Crippen LogP contribution in [-0.4, -0.2) is 15.8 Å². The van der Waals surface area contributed by atoms with Crippen molar-refractivity contribution >= 4 is 6.29 Å². The number of aromatic nitrogens is 2. The van der Waals surface area contributed by atoms with Crippen LogP contribution in [0, 0.1) is 5.92 Å². The zero-order valence-corrected chi connectivity index (χ0v) is 6.23. The number of nitrogens with zero attached hydrogens (tertiary/aromatic N) is 2. The molecule has 0 radical (unpaired) electrons. The van der Waals surface area contributed by atoms with Gasteiger partial charge < -0.3 is 4.57 Å². The van der Waals surface area contributed by atoms with E-state index in [2.05, 4.69) is 4.98 Å². The SMILES string of the molecule is O=Cc1nccn1CC1CC1. The van der Waals surface area contributed by atoms with Crippen LogP contribution in [-0.2, 0) is 6.54 Å². The monoisotopic (exact) mass is 150 g/mol. The quantitative estimate of drug-likeness (QED) is 0.605. The van der Waals surface area contributed by atoms with Gasteiger partial charge in [0.1, 0.15) is 0 Å². The van der Waals surface area contributed by atoms with Crippen molar-refractivity contribution in [2.24, 2.45) is 5.92 Å². The van der Waals surface area contributed by atoms with Gasteiger partial charge in [0.05, 0.1) is 0 Å². The molecule has 1 aliphatic carbocycles. The summed E-state index contributed by atoms with van der Waals surface area (Å²) >= 11 is 0. The Balaban J connectivity index is 2.13. The molecule has 0 spiro atoms. The molecule has 0 saturated heterocycles. The summed E-state index contributed by atoms with van der Waals surface area (Å²) in [4.78, 5) is 14.3. The summed E-state index contributed by atoms with van der Waals surface area (Å²) in [5.41, 5.74) is 0. The van der Waals surface area contributed by atoms with Crippen LogP contribution in [0.3, 0.4) is 0 Å². The maximum absolute atomic E-state index is 10.4. The van der Waals surface area contributed by atoms with E-state index in [9.17, 15) is 4.79 Å². The average molecular weight is 150 g/mol. The number of rotatable bonds is 3. The lowest BCUT2D eigenvalue weighted by atomic mass is 10.4. The van der Waals surface area contributed by atoms with Crippen LogP contribution in [0.1, 0.15) is 23.5 Å². The molecule has 0 aliphatic heterocycles. The smallest absolute Gasteiger partial charge is 0.185 e. The first-order valence-electron chi connectivity index (χ1n) is 3.86. The molecule has 1 heterocycles. The highest BCUT2D eigenvalue weighted by Gasteiger charge is 2.22. The Hall–Kier alpha value is -1.12. The molecule has 0 N–H and O–H groups in total. The maximum atomic E-state index is 10.4. The molecular weight excluding hydrogens is 140 g/mol. The minimum Gasteiger partial charge on any atom is -0.328 e. The van der Waals surface area contributed by atoms with Gasteiger partial charge in [-0.15, -0.1) is 0 Å². The lowest BCUT2D eigenvalue weighted by molar-refractivity contribution is 0.111. The lowest BCUT2D eigenvalue weighted by Gasteiger charge is -1.99. The standard InChI is InChI=1S/C8H10N2O/c11-6-8-9-3-4-10(8)5-7-1-2-7/h3-4,6-7H,1-2,5H2. The Bertz CT molecular complexity index is 263. The van der Waals surface area contributed by atoms with Gasteiger partial charge in [-0.25, -0.2) is 4.98 Å². The van der Waals surface area contributed by atoms with Crippen molar-refractivity contribution < 1.29 is 4.79 Å². The Morgan fingerprint density at radius 2 is 2.55 bits per heavy atom. The number of aldehydes is 1. The van der Waals surface area contributed by atoms with Crippen LogP contribution in [0.2, 0.25) is 0 Å². The van der Waals surface area contributed by atoms with E-state index in [0.29, 0.717) is 5.82 Å². The Labute approximate surface area is 65.1 Å². The summed E-state index contributed by atoms with van der Waals surface area (Å²) in [6, 6.07) is 0. The van der Waals surface area contributed by atoms with Crippen LogP contribution in [0.15, 0.2) is 12.4 Å². The van der Waals surface area contributed by atoms with Crippen LogP contribution < -0.4 is 0 Å². The second-order valence-corrected chi connectivity index (χ2v) is 3.00. The molecule has 1 fully saturated rings. The second-order valence-electron chi connectivity index (χ2n) is 3.00. The number of hydrogen-bond donors (Lipinski definition) is 0. The Morgan fingerprint density at radius 3 is 3.18 bits per heavy atom. The summed E-state index contributed by atoms with van der Waals surface area (Å²) in [5.74, 6) is 1.35. The summed E-state index contributed by atoms with van der Waals surface area (Å²) in [5, 5.41) is 0.